The van der Waals surface area contributed by atoms with Crippen molar-refractivity contribution in [1.29, 1.82) is 0 Å². The van der Waals surface area contributed by atoms with Gasteiger partial charge in [0.05, 0.1) is 4.92 Å². The Balaban J connectivity index is 3.08. The van der Waals surface area contributed by atoms with E-state index < -0.39 is 0 Å². The molecule has 0 aliphatic carbocycles. The maximum Gasteiger partial charge on any atom is 0.249 e. The summed E-state index contributed by atoms with van der Waals surface area (Å²) in [4.78, 5) is 10.4. The molecule has 80 valence electrons. The second-order valence-corrected chi connectivity index (χ2v) is 4.45. The summed E-state index contributed by atoms with van der Waals surface area (Å²) in [6.45, 7) is 3.62. The predicted octanol–water partition coefficient (Wildman–Crippen LogP) is 3.72. The van der Waals surface area contributed by atoms with Gasteiger partial charge in [-0.1, -0.05) is 41.9 Å². The molecule has 0 aromatic heterocycles. The van der Waals surface area contributed by atoms with Crippen LogP contribution in [0.4, 0.5) is 0 Å². The fraction of sp³-hybridized carbons (Fsp3) is 0.273. The van der Waals surface area contributed by atoms with Gasteiger partial charge in [0.25, 0.3) is 0 Å². The maximum absolute atomic E-state index is 10.8. The molecule has 0 fully saturated rings. The monoisotopic (exact) mass is 269 g/mol. The van der Waals surface area contributed by atoms with E-state index in [1.807, 2.05) is 38.1 Å². The predicted molar refractivity (Wildman–Crippen MR) is 64.0 cm³/mol. The second kappa shape index (κ2) is 5.07. The number of hydrogen-bond donors (Lipinski definition) is 0. The van der Waals surface area contributed by atoms with E-state index in [1.165, 1.54) is 0 Å². The summed E-state index contributed by atoms with van der Waals surface area (Å²) in [5.74, 6) is -0.0843. The van der Waals surface area contributed by atoms with Crippen LogP contribution in [0.1, 0.15) is 19.4 Å². The van der Waals surface area contributed by atoms with Gasteiger partial charge in [-0.25, -0.2) is 0 Å². The lowest BCUT2D eigenvalue weighted by atomic mass is 10.1. The molecule has 15 heavy (non-hydrogen) atoms. The first kappa shape index (κ1) is 11.9. The minimum absolute atomic E-state index is 0.0843. The summed E-state index contributed by atoms with van der Waals surface area (Å²) in [7, 11) is 0. The topological polar surface area (TPSA) is 43.1 Å². The highest BCUT2D eigenvalue weighted by Gasteiger charge is 2.15. The first-order chi connectivity index (χ1) is 7.00. The molecule has 4 heteroatoms. The molecule has 0 saturated carbocycles. The molecular formula is C11H12BrNO2. The first-order valence-corrected chi connectivity index (χ1v) is 5.41. The molecule has 3 nitrogen and oxygen atoms in total. The van der Waals surface area contributed by atoms with E-state index in [0.29, 0.717) is 0 Å². The molecule has 0 bridgehead atoms. The normalized spacial score (nSPS) is 11.9. The standard InChI is InChI=1S/C11H12BrNO2/c1-8(2)11(13(14)15)7-9-4-3-5-10(12)6-9/h3-8H,1-2H3/b11-7-. The fourth-order valence-electron chi connectivity index (χ4n) is 1.20. The molecule has 0 amide bonds. The van der Waals surface area contributed by atoms with Crippen LogP contribution in [0.15, 0.2) is 34.4 Å². The molecule has 0 atom stereocenters. The number of hydrogen-bond acceptors (Lipinski definition) is 2. The summed E-state index contributed by atoms with van der Waals surface area (Å²) >= 11 is 3.33. The van der Waals surface area contributed by atoms with Crippen molar-refractivity contribution < 1.29 is 4.92 Å². The lowest BCUT2D eigenvalue weighted by Gasteiger charge is -2.02. The van der Waals surface area contributed by atoms with Crippen LogP contribution in [0.5, 0.6) is 0 Å². The third-order valence-corrected chi connectivity index (χ3v) is 2.46. The largest absolute Gasteiger partial charge is 0.259 e. The highest BCUT2D eigenvalue weighted by Crippen LogP contribution is 2.18. The van der Waals surface area contributed by atoms with E-state index >= 15 is 0 Å². The van der Waals surface area contributed by atoms with Crippen LogP contribution < -0.4 is 0 Å². The summed E-state index contributed by atoms with van der Waals surface area (Å²) in [5, 5.41) is 10.8. The molecule has 1 rings (SSSR count). The Morgan fingerprint density at radius 1 is 1.53 bits per heavy atom. The number of rotatable bonds is 3. The van der Waals surface area contributed by atoms with Crippen molar-refractivity contribution in [2.24, 2.45) is 5.92 Å². The average molecular weight is 270 g/mol. The highest BCUT2D eigenvalue weighted by molar-refractivity contribution is 9.10. The molecule has 0 aliphatic rings. The Labute approximate surface area is 97.1 Å². The Morgan fingerprint density at radius 2 is 2.20 bits per heavy atom. The Kier molecular flexibility index (Phi) is 4.03. The molecule has 0 aliphatic heterocycles. The lowest BCUT2D eigenvalue weighted by molar-refractivity contribution is -0.431. The van der Waals surface area contributed by atoms with Gasteiger partial charge in [0.2, 0.25) is 5.70 Å². The van der Waals surface area contributed by atoms with Crippen LogP contribution in [0.25, 0.3) is 6.08 Å². The van der Waals surface area contributed by atoms with Crippen LogP contribution in [0.3, 0.4) is 0 Å². The third kappa shape index (κ3) is 3.47. The quantitative estimate of drug-likeness (QED) is 0.620. The van der Waals surface area contributed by atoms with Crippen molar-refractivity contribution >= 4 is 22.0 Å². The Hall–Kier alpha value is -1.16. The van der Waals surface area contributed by atoms with E-state index in [2.05, 4.69) is 15.9 Å². The van der Waals surface area contributed by atoms with Crippen molar-refractivity contribution in [2.45, 2.75) is 13.8 Å². The maximum atomic E-state index is 10.8. The highest BCUT2D eigenvalue weighted by atomic mass is 79.9. The number of halogens is 1. The van der Waals surface area contributed by atoms with Crippen molar-refractivity contribution in [3.63, 3.8) is 0 Å². The van der Waals surface area contributed by atoms with Gasteiger partial charge in [-0.15, -0.1) is 0 Å². The molecule has 1 aromatic rings. The molecule has 0 N–H and O–H groups in total. The molecule has 0 saturated heterocycles. The van der Waals surface area contributed by atoms with Gasteiger partial charge in [0.15, 0.2) is 0 Å². The fourth-order valence-corrected chi connectivity index (χ4v) is 1.61. The number of benzene rings is 1. The van der Waals surface area contributed by atoms with Crippen LogP contribution in [0.2, 0.25) is 0 Å². The van der Waals surface area contributed by atoms with Crippen molar-refractivity contribution in [1.82, 2.24) is 0 Å². The van der Waals surface area contributed by atoms with E-state index in [1.54, 1.807) is 6.08 Å². The van der Waals surface area contributed by atoms with Gasteiger partial charge in [-0.3, -0.25) is 10.1 Å². The minimum Gasteiger partial charge on any atom is -0.259 e. The van der Waals surface area contributed by atoms with E-state index in [4.69, 9.17) is 0 Å². The van der Waals surface area contributed by atoms with Gasteiger partial charge in [0, 0.05) is 16.5 Å². The van der Waals surface area contributed by atoms with Gasteiger partial charge >= 0.3 is 0 Å². The smallest absolute Gasteiger partial charge is 0.249 e. The third-order valence-electron chi connectivity index (χ3n) is 1.97. The SMILES string of the molecule is CC(C)/C(=C/c1cccc(Br)c1)[N+](=O)[O-]. The van der Waals surface area contributed by atoms with Crippen LogP contribution in [-0.4, -0.2) is 4.92 Å². The zero-order chi connectivity index (χ0) is 11.4. The van der Waals surface area contributed by atoms with E-state index in [9.17, 15) is 10.1 Å². The van der Waals surface area contributed by atoms with Crippen LogP contribution >= 0.6 is 15.9 Å². The molecule has 0 heterocycles. The summed E-state index contributed by atoms with van der Waals surface area (Å²) < 4.78 is 0.919. The molecule has 1 aromatic carbocycles. The molecular weight excluding hydrogens is 258 g/mol. The van der Waals surface area contributed by atoms with Crippen molar-refractivity contribution in [3.8, 4) is 0 Å². The number of nitrogens with zero attached hydrogens (tertiary/aromatic N) is 1. The molecule has 0 radical (unpaired) electrons. The zero-order valence-electron chi connectivity index (χ0n) is 8.61. The number of nitro groups is 1. The van der Waals surface area contributed by atoms with E-state index in [0.717, 1.165) is 10.0 Å². The van der Waals surface area contributed by atoms with Gasteiger partial charge in [0.1, 0.15) is 0 Å². The zero-order valence-corrected chi connectivity index (χ0v) is 10.2. The summed E-state index contributed by atoms with van der Waals surface area (Å²) in [5.41, 5.74) is 1.07. The van der Waals surface area contributed by atoms with Crippen molar-refractivity contribution in [3.05, 3.63) is 50.1 Å². The Bertz CT molecular complexity index is 399. The lowest BCUT2D eigenvalue weighted by Crippen LogP contribution is -2.05. The molecule has 0 unspecified atom stereocenters. The molecule has 0 spiro atoms. The van der Waals surface area contributed by atoms with Crippen molar-refractivity contribution in [2.75, 3.05) is 0 Å². The average Bonchev–Trinajstić information content (AvgIpc) is 2.13. The Morgan fingerprint density at radius 3 is 2.67 bits per heavy atom. The van der Waals surface area contributed by atoms with Crippen LogP contribution in [-0.2, 0) is 0 Å². The minimum atomic E-state index is -0.328. The first-order valence-electron chi connectivity index (χ1n) is 4.62. The second-order valence-electron chi connectivity index (χ2n) is 3.54. The van der Waals surface area contributed by atoms with E-state index in [-0.39, 0.29) is 16.5 Å². The van der Waals surface area contributed by atoms with Gasteiger partial charge < -0.3 is 0 Å². The van der Waals surface area contributed by atoms with Gasteiger partial charge in [-0.05, 0) is 17.7 Å². The number of allylic oxidation sites excluding steroid dienone is 1. The van der Waals surface area contributed by atoms with Crippen LogP contribution in [0, 0.1) is 16.0 Å². The van der Waals surface area contributed by atoms with Gasteiger partial charge in [-0.2, -0.15) is 0 Å². The summed E-state index contributed by atoms with van der Waals surface area (Å²) in [6, 6.07) is 7.44. The summed E-state index contributed by atoms with van der Waals surface area (Å²) in [6.07, 6.45) is 1.61.